The van der Waals surface area contributed by atoms with Gasteiger partial charge in [-0.05, 0) is 6.92 Å². The number of carbonyl (C=O) groups excluding carboxylic acids is 1. The summed E-state index contributed by atoms with van der Waals surface area (Å²) >= 11 is 1.45. The number of carboxylic acids is 1. The Hall–Kier alpha value is -1.47. The smallest absolute Gasteiger partial charge is 0.332 e. The highest BCUT2D eigenvalue weighted by atomic mass is 32.1. The van der Waals surface area contributed by atoms with Crippen LogP contribution in [0.15, 0.2) is 5.38 Å². The molecule has 7 heteroatoms. The number of hydroxylamine groups is 1. The molecule has 2 N–H and O–H groups in total. The molecule has 0 radical (unpaired) electrons. The first-order valence-corrected chi connectivity index (χ1v) is 4.99. The van der Waals surface area contributed by atoms with E-state index in [-0.39, 0.29) is 6.42 Å². The van der Waals surface area contributed by atoms with Crippen molar-refractivity contribution in [3.8, 4) is 0 Å². The Morgan fingerprint density at radius 3 is 2.93 bits per heavy atom. The van der Waals surface area contributed by atoms with Crippen LogP contribution in [0.3, 0.4) is 0 Å². The van der Waals surface area contributed by atoms with Crippen LogP contribution in [0, 0.1) is 6.92 Å². The Morgan fingerprint density at radius 1 is 1.67 bits per heavy atom. The molecule has 1 amide bonds. The van der Waals surface area contributed by atoms with Gasteiger partial charge in [-0.1, -0.05) is 0 Å². The minimum absolute atomic E-state index is 0.0873. The number of carboxylic acid groups (broad SMARTS) is 1. The molecule has 0 atom stereocenters. The number of aromatic nitrogens is 1. The number of hydrogen-bond donors (Lipinski definition) is 2. The quantitative estimate of drug-likeness (QED) is 0.702. The topological polar surface area (TPSA) is 88.5 Å². The summed E-state index contributed by atoms with van der Waals surface area (Å²) in [4.78, 5) is 29.7. The van der Waals surface area contributed by atoms with Crippen molar-refractivity contribution in [2.75, 3.05) is 6.61 Å². The van der Waals surface area contributed by atoms with Crippen LogP contribution in [-0.2, 0) is 20.8 Å². The van der Waals surface area contributed by atoms with E-state index in [0.29, 0.717) is 5.69 Å². The number of thiazole rings is 1. The molecule has 1 rings (SSSR count). The maximum atomic E-state index is 11.1. The predicted octanol–water partition coefficient (Wildman–Crippen LogP) is 0.126. The zero-order valence-electron chi connectivity index (χ0n) is 8.02. The second-order valence-electron chi connectivity index (χ2n) is 2.74. The molecule has 15 heavy (non-hydrogen) atoms. The van der Waals surface area contributed by atoms with Crippen molar-refractivity contribution in [3.05, 3.63) is 16.1 Å². The molecule has 1 aromatic heterocycles. The molecular weight excluding hydrogens is 220 g/mol. The van der Waals surface area contributed by atoms with Crippen molar-refractivity contribution in [2.45, 2.75) is 13.3 Å². The van der Waals surface area contributed by atoms with E-state index in [1.54, 1.807) is 5.38 Å². The van der Waals surface area contributed by atoms with Gasteiger partial charge in [0.15, 0.2) is 6.61 Å². The van der Waals surface area contributed by atoms with Gasteiger partial charge in [0.1, 0.15) is 0 Å². The highest BCUT2D eigenvalue weighted by molar-refractivity contribution is 7.09. The highest BCUT2D eigenvalue weighted by Crippen LogP contribution is 2.07. The first-order chi connectivity index (χ1) is 7.08. The first kappa shape index (κ1) is 11.6. The molecule has 0 aliphatic rings. The van der Waals surface area contributed by atoms with E-state index in [9.17, 15) is 9.59 Å². The normalized spacial score (nSPS) is 9.93. The fourth-order valence-corrected chi connectivity index (χ4v) is 1.48. The highest BCUT2D eigenvalue weighted by Gasteiger charge is 2.06. The van der Waals surface area contributed by atoms with E-state index in [4.69, 9.17) is 5.11 Å². The van der Waals surface area contributed by atoms with Crippen LogP contribution in [0.4, 0.5) is 0 Å². The summed E-state index contributed by atoms with van der Waals surface area (Å²) in [5, 5.41) is 10.9. The average molecular weight is 230 g/mol. The zero-order chi connectivity index (χ0) is 11.3. The number of rotatable bonds is 5. The minimum atomic E-state index is -1.14. The van der Waals surface area contributed by atoms with Gasteiger partial charge in [0.05, 0.1) is 17.1 Å². The molecule has 0 fully saturated rings. The molecule has 0 unspecified atom stereocenters. The SMILES string of the molecule is Cc1nc(CC(=O)NOCC(=O)O)cs1. The van der Waals surface area contributed by atoms with Crippen LogP contribution in [-0.4, -0.2) is 28.6 Å². The maximum Gasteiger partial charge on any atom is 0.332 e. The summed E-state index contributed by atoms with van der Waals surface area (Å²) in [6.07, 6.45) is 0.0873. The molecule has 0 aliphatic heterocycles. The lowest BCUT2D eigenvalue weighted by molar-refractivity contribution is -0.149. The molecule has 6 nitrogen and oxygen atoms in total. The number of nitrogens with one attached hydrogen (secondary N) is 1. The lowest BCUT2D eigenvalue weighted by Crippen LogP contribution is -2.28. The molecule has 0 saturated carbocycles. The van der Waals surface area contributed by atoms with Crippen LogP contribution in [0.2, 0.25) is 0 Å². The van der Waals surface area contributed by atoms with Gasteiger partial charge >= 0.3 is 5.97 Å². The summed E-state index contributed by atoms with van der Waals surface area (Å²) in [7, 11) is 0. The molecule has 1 heterocycles. The number of amides is 1. The first-order valence-electron chi connectivity index (χ1n) is 4.11. The Kier molecular flexibility index (Phi) is 4.19. The Labute approximate surface area is 89.9 Å². The van der Waals surface area contributed by atoms with E-state index in [2.05, 4.69) is 9.82 Å². The summed E-state index contributed by atoms with van der Waals surface area (Å²) < 4.78 is 0. The molecule has 1 aromatic rings. The van der Waals surface area contributed by atoms with Crippen LogP contribution in [0.1, 0.15) is 10.7 Å². The standard InChI is InChI=1S/C8H10N2O4S/c1-5-9-6(4-15-5)2-7(11)10-14-3-8(12)13/h4H,2-3H2,1H3,(H,10,11)(H,12,13). The molecule has 82 valence electrons. The monoisotopic (exact) mass is 230 g/mol. The minimum Gasteiger partial charge on any atom is -0.479 e. The molecule has 0 aromatic carbocycles. The van der Waals surface area contributed by atoms with E-state index in [1.165, 1.54) is 11.3 Å². The van der Waals surface area contributed by atoms with Crippen LogP contribution in [0.25, 0.3) is 0 Å². The molecule has 0 spiro atoms. The van der Waals surface area contributed by atoms with E-state index in [1.807, 2.05) is 12.4 Å². The summed E-state index contributed by atoms with van der Waals surface area (Å²) in [5.41, 5.74) is 2.66. The van der Waals surface area contributed by atoms with Crippen molar-refractivity contribution in [2.24, 2.45) is 0 Å². The summed E-state index contributed by atoms with van der Waals surface area (Å²) in [6, 6.07) is 0. The van der Waals surface area contributed by atoms with Gasteiger partial charge in [-0.25, -0.2) is 15.3 Å². The van der Waals surface area contributed by atoms with Crippen molar-refractivity contribution in [3.63, 3.8) is 0 Å². The van der Waals surface area contributed by atoms with Gasteiger partial charge in [0.25, 0.3) is 0 Å². The van der Waals surface area contributed by atoms with Gasteiger partial charge < -0.3 is 5.11 Å². The number of hydrogen-bond acceptors (Lipinski definition) is 5. The number of aliphatic carboxylic acids is 1. The Bertz CT molecular complexity index is 363. The third-order valence-electron chi connectivity index (χ3n) is 1.39. The molecule has 0 bridgehead atoms. The molecular formula is C8H10N2O4S. The van der Waals surface area contributed by atoms with Crippen LogP contribution >= 0.6 is 11.3 Å². The van der Waals surface area contributed by atoms with Gasteiger partial charge in [-0.15, -0.1) is 11.3 Å². The Morgan fingerprint density at radius 2 is 2.40 bits per heavy atom. The average Bonchev–Trinajstić information content (AvgIpc) is 2.50. The Balaban J connectivity index is 2.27. The fraction of sp³-hybridized carbons (Fsp3) is 0.375. The maximum absolute atomic E-state index is 11.1. The lowest BCUT2D eigenvalue weighted by atomic mass is 10.3. The van der Waals surface area contributed by atoms with Crippen molar-refractivity contribution in [1.82, 2.24) is 10.5 Å². The largest absolute Gasteiger partial charge is 0.479 e. The van der Waals surface area contributed by atoms with Gasteiger partial charge in [0.2, 0.25) is 5.91 Å². The molecule has 0 aliphatic carbocycles. The number of aryl methyl sites for hydroxylation is 1. The second kappa shape index (κ2) is 5.42. The summed E-state index contributed by atoms with van der Waals surface area (Å²) in [5.74, 6) is -1.55. The van der Waals surface area contributed by atoms with Crippen molar-refractivity contribution < 1.29 is 19.5 Å². The van der Waals surface area contributed by atoms with E-state index in [0.717, 1.165) is 5.01 Å². The number of carbonyl (C=O) groups is 2. The van der Waals surface area contributed by atoms with Crippen molar-refractivity contribution >= 4 is 23.2 Å². The van der Waals surface area contributed by atoms with Gasteiger partial charge in [0, 0.05) is 5.38 Å². The zero-order valence-corrected chi connectivity index (χ0v) is 8.84. The molecule has 0 saturated heterocycles. The van der Waals surface area contributed by atoms with E-state index < -0.39 is 18.5 Å². The predicted molar refractivity (Wildman–Crippen MR) is 52.3 cm³/mol. The third kappa shape index (κ3) is 4.52. The van der Waals surface area contributed by atoms with Gasteiger partial charge in [-0.2, -0.15) is 0 Å². The number of nitrogens with zero attached hydrogens (tertiary/aromatic N) is 1. The van der Waals surface area contributed by atoms with Crippen molar-refractivity contribution in [1.29, 1.82) is 0 Å². The third-order valence-corrected chi connectivity index (χ3v) is 2.21. The van der Waals surface area contributed by atoms with Crippen LogP contribution in [0.5, 0.6) is 0 Å². The lowest BCUT2D eigenvalue weighted by Gasteiger charge is -2.01. The summed E-state index contributed by atoms with van der Waals surface area (Å²) in [6.45, 7) is 1.29. The van der Waals surface area contributed by atoms with E-state index >= 15 is 0 Å². The van der Waals surface area contributed by atoms with Gasteiger partial charge in [-0.3, -0.25) is 9.63 Å². The van der Waals surface area contributed by atoms with Crippen LogP contribution < -0.4 is 5.48 Å². The second-order valence-corrected chi connectivity index (χ2v) is 3.80. The fourth-order valence-electron chi connectivity index (χ4n) is 0.868.